The zero-order valence-electron chi connectivity index (χ0n) is 10.6. The molecule has 17 heavy (non-hydrogen) atoms. The normalized spacial score (nSPS) is 10.2. The van der Waals surface area contributed by atoms with E-state index in [1.807, 2.05) is 42.2 Å². The number of nitrogens with two attached hydrogens (primary N) is 1. The molecule has 0 aliphatic heterocycles. The second kappa shape index (κ2) is 7.85. The monoisotopic (exact) mass is 234 g/mol. The SMILES string of the molecule is CCN(CCCCN)C(=O)Cc1ccccc1. The minimum atomic E-state index is 0.204. The van der Waals surface area contributed by atoms with E-state index in [0.29, 0.717) is 13.0 Å². The number of benzene rings is 1. The summed E-state index contributed by atoms with van der Waals surface area (Å²) < 4.78 is 0. The maximum Gasteiger partial charge on any atom is 0.226 e. The van der Waals surface area contributed by atoms with Gasteiger partial charge in [-0.05, 0) is 31.9 Å². The highest BCUT2D eigenvalue weighted by Gasteiger charge is 2.11. The lowest BCUT2D eigenvalue weighted by molar-refractivity contribution is -0.130. The molecule has 0 aliphatic carbocycles. The molecule has 0 saturated heterocycles. The highest BCUT2D eigenvalue weighted by atomic mass is 16.2. The fourth-order valence-corrected chi connectivity index (χ4v) is 1.79. The summed E-state index contributed by atoms with van der Waals surface area (Å²) in [6, 6.07) is 9.88. The number of hydrogen-bond donors (Lipinski definition) is 1. The number of likely N-dealkylation sites (N-methyl/N-ethyl adjacent to an activating group) is 1. The fraction of sp³-hybridized carbons (Fsp3) is 0.500. The van der Waals surface area contributed by atoms with Crippen LogP contribution in [0.3, 0.4) is 0 Å². The van der Waals surface area contributed by atoms with Crippen LogP contribution in [0.2, 0.25) is 0 Å². The van der Waals surface area contributed by atoms with Crippen molar-refractivity contribution >= 4 is 5.91 Å². The van der Waals surface area contributed by atoms with E-state index in [1.165, 1.54) is 0 Å². The van der Waals surface area contributed by atoms with Crippen LogP contribution in [0.4, 0.5) is 0 Å². The Labute approximate surface area is 104 Å². The fourth-order valence-electron chi connectivity index (χ4n) is 1.79. The molecule has 0 fully saturated rings. The van der Waals surface area contributed by atoms with Gasteiger partial charge in [-0.25, -0.2) is 0 Å². The minimum absolute atomic E-state index is 0.204. The molecule has 0 bridgehead atoms. The summed E-state index contributed by atoms with van der Waals surface area (Å²) in [6.07, 6.45) is 2.47. The molecule has 0 saturated carbocycles. The number of rotatable bonds is 7. The number of amides is 1. The Balaban J connectivity index is 2.43. The summed E-state index contributed by atoms with van der Waals surface area (Å²) in [4.78, 5) is 13.9. The van der Waals surface area contributed by atoms with Crippen molar-refractivity contribution < 1.29 is 4.79 Å². The quantitative estimate of drug-likeness (QED) is 0.731. The molecule has 0 atom stereocenters. The molecule has 1 aromatic carbocycles. The summed E-state index contributed by atoms with van der Waals surface area (Å²) in [5.41, 5.74) is 6.53. The summed E-state index contributed by atoms with van der Waals surface area (Å²) >= 11 is 0. The van der Waals surface area contributed by atoms with Crippen LogP contribution in [-0.2, 0) is 11.2 Å². The third-order valence-electron chi connectivity index (χ3n) is 2.81. The van der Waals surface area contributed by atoms with Gasteiger partial charge in [0.2, 0.25) is 5.91 Å². The number of nitrogens with zero attached hydrogens (tertiary/aromatic N) is 1. The maximum absolute atomic E-state index is 12.0. The van der Waals surface area contributed by atoms with Gasteiger partial charge in [0.05, 0.1) is 6.42 Å². The average molecular weight is 234 g/mol. The van der Waals surface area contributed by atoms with Gasteiger partial charge in [0, 0.05) is 13.1 Å². The van der Waals surface area contributed by atoms with Gasteiger partial charge in [0.1, 0.15) is 0 Å². The van der Waals surface area contributed by atoms with Gasteiger partial charge in [-0.15, -0.1) is 0 Å². The Morgan fingerprint density at radius 3 is 2.53 bits per heavy atom. The standard InChI is InChI=1S/C14H22N2O/c1-2-16(11-7-6-10-15)14(17)12-13-8-4-3-5-9-13/h3-5,8-9H,2,6-7,10-12,15H2,1H3. The first-order valence-electron chi connectivity index (χ1n) is 6.29. The van der Waals surface area contributed by atoms with Gasteiger partial charge < -0.3 is 10.6 Å². The van der Waals surface area contributed by atoms with E-state index < -0.39 is 0 Å². The summed E-state index contributed by atoms with van der Waals surface area (Å²) in [5, 5.41) is 0. The van der Waals surface area contributed by atoms with Gasteiger partial charge in [-0.3, -0.25) is 4.79 Å². The van der Waals surface area contributed by atoms with Crippen LogP contribution in [0.15, 0.2) is 30.3 Å². The zero-order valence-corrected chi connectivity index (χ0v) is 10.6. The molecule has 3 nitrogen and oxygen atoms in total. The lowest BCUT2D eigenvalue weighted by atomic mass is 10.1. The minimum Gasteiger partial charge on any atom is -0.343 e. The Kier molecular flexibility index (Phi) is 6.33. The molecule has 0 heterocycles. The lowest BCUT2D eigenvalue weighted by Crippen LogP contribution is -2.33. The first kappa shape index (κ1) is 13.7. The van der Waals surface area contributed by atoms with Crippen molar-refractivity contribution in [1.29, 1.82) is 0 Å². The van der Waals surface area contributed by atoms with Crippen LogP contribution in [-0.4, -0.2) is 30.4 Å². The van der Waals surface area contributed by atoms with Crippen molar-refractivity contribution in [3.05, 3.63) is 35.9 Å². The number of hydrogen-bond acceptors (Lipinski definition) is 2. The first-order valence-corrected chi connectivity index (χ1v) is 6.29. The maximum atomic E-state index is 12.0. The van der Waals surface area contributed by atoms with Gasteiger partial charge >= 0.3 is 0 Å². The molecule has 0 aliphatic rings. The van der Waals surface area contributed by atoms with Crippen LogP contribution >= 0.6 is 0 Å². The Hall–Kier alpha value is -1.35. The average Bonchev–Trinajstić information content (AvgIpc) is 2.36. The molecule has 0 aromatic heterocycles. The van der Waals surface area contributed by atoms with Crippen molar-refractivity contribution in [2.24, 2.45) is 5.73 Å². The summed E-state index contributed by atoms with van der Waals surface area (Å²) in [7, 11) is 0. The Morgan fingerprint density at radius 2 is 1.94 bits per heavy atom. The van der Waals surface area contributed by atoms with E-state index in [9.17, 15) is 4.79 Å². The third-order valence-corrected chi connectivity index (χ3v) is 2.81. The number of unbranched alkanes of at least 4 members (excludes halogenated alkanes) is 1. The van der Waals surface area contributed by atoms with Crippen LogP contribution in [0.5, 0.6) is 0 Å². The van der Waals surface area contributed by atoms with Gasteiger partial charge in [0.25, 0.3) is 0 Å². The predicted octanol–water partition coefficient (Wildman–Crippen LogP) is 1.82. The first-order chi connectivity index (χ1) is 8.27. The second-order valence-electron chi connectivity index (χ2n) is 4.13. The van der Waals surface area contributed by atoms with Crippen LogP contribution in [0.1, 0.15) is 25.3 Å². The number of carbonyl (C=O) groups is 1. The van der Waals surface area contributed by atoms with Crippen molar-refractivity contribution in [1.82, 2.24) is 4.90 Å². The van der Waals surface area contributed by atoms with E-state index in [4.69, 9.17) is 5.73 Å². The Bertz CT molecular complexity index is 324. The van der Waals surface area contributed by atoms with Crippen molar-refractivity contribution in [3.8, 4) is 0 Å². The smallest absolute Gasteiger partial charge is 0.226 e. The molecular formula is C14H22N2O. The van der Waals surface area contributed by atoms with Gasteiger partial charge in [0.15, 0.2) is 0 Å². The molecule has 1 rings (SSSR count). The van der Waals surface area contributed by atoms with E-state index in [0.717, 1.165) is 31.5 Å². The van der Waals surface area contributed by atoms with E-state index >= 15 is 0 Å². The van der Waals surface area contributed by atoms with Gasteiger partial charge in [-0.1, -0.05) is 30.3 Å². The third kappa shape index (κ3) is 5.00. The largest absolute Gasteiger partial charge is 0.343 e. The van der Waals surface area contributed by atoms with Crippen LogP contribution in [0.25, 0.3) is 0 Å². The molecule has 1 aromatic rings. The molecule has 2 N–H and O–H groups in total. The van der Waals surface area contributed by atoms with E-state index in [-0.39, 0.29) is 5.91 Å². The molecular weight excluding hydrogens is 212 g/mol. The van der Waals surface area contributed by atoms with Crippen molar-refractivity contribution in [2.45, 2.75) is 26.2 Å². The summed E-state index contributed by atoms with van der Waals surface area (Å²) in [6.45, 7) is 4.31. The lowest BCUT2D eigenvalue weighted by Gasteiger charge is -2.20. The molecule has 3 heteroatoms. The molecule has 0 unspecified atom stereocenters. The molecule has 0 radical (unpaired) electrons. The molecule has 94 valence electrons. The molecule has 0 spiro atoms. The highest BCUT2D eigenvalue weighted by molar-refractivity contribution is 5.78. The number of carbonyl (C=O) groups excluding carboxylic acids is 1. The predicted molar refractivity (Wildman–Crippen MR) is 70.7 cm³/mol. The van der Waals surface area contributed by atoms with Crippen LogP contribution < -0.4 is 5.73 Å². The van der Waals surface area contributed by atoms with Crippen molar-refractivity contribution in [3.63, 3.8) is 0 Å². The Morgan fingerprint density at radius 1 is 1.24 bits per heavy atom. The topological polar surface area (TPSA) is 46.3 Å². The van der Waals surface area contributed by atoms with Gasteiger partial charge in [-0.2, -0.15) is 0 Å². The highest BCUT2D eigenvalue weighted by Crippen LogP contribution is 2.04. The molecule has 1 amide bonds. The van der Waals surface area contributed by atoms with E-state index in [2.05, 4.69) is 0 Å². The van der Waals surface area contributed by atoms with Crippen molar-refractivity contribution in [2.75, 3.05) is 19.6 Å². The zero-order chi connectivity index (χ0) is 12.5. The second-order valence-corrected chi connectivity index (χ2v) is 4.13. The van der Waals surface area contributed by atoms with Crippen LogP contribution in [0, 0.1) is 0 Å². The van der Waals surface area contributed by atoms with E-state index in [1.54, 1.807) is 0 Å². The summed E-state index contributed by atoms with van der Waals surface area (Å²) in [5.74, 6) is 0.204.